The van der Waals surface area contributed by atoms with Gasteiger partial charge in [0, 0.05) is 28.1 Å². The Labute approximate surface area is 228 Å². The van der Waals surface area contributed by atoms with Crippen LogP contribution in [0.15, 0.2) is 12.5 Å². The van der Waals surface area contributed by atoms with Gasteiger partial charge >= 0.3 is 0 Å². The molecule has 202 valence electrons. The number of H-pyrrole nitrogens is 1. The summed E-state index contributed by atoms with van der Waals surface area (Å²) in [7, 11) is 0. The second-order valence-corrected chi connectivity index (χ2v) is 13.1. The molecule has 8 heteroatoms. The lowest BCUT2D eigenvalue weighted by molar-refractivity contribution is -0.156. The van der Waals surface area contributed by atoms with Gasteiger partial charge in [-0.15, -0.1) is 11.3 Å². The van der Waals surface area contributed by atoms with Gasteiger partial charge in [-0.3, -0.25) is 4.90 Å². The molecule has 2 saturated heterocycles. The largest absolute Gasteiger partial charge is 0.378 e. The molecule has 0 spiro atoms. The van der Waals surface area contributed by atoms with Gasteiger partial charge in [-0.2, -0.15) is 5.10 Å². The summed E-state index contributed by atoms with van der Waals surface area (Å²) in [4.78, 5) is 14.1. The van der Waals surface area contributed by atoms with Gasteiger partial charge in [0.2, 0.25) is 0 Å². The minimum absolute atomic E-state index is 0.421. The molecule has 3 fully saturated rings. The minimum atomic E-state index is 0.421. The zero-order valence-electron chi connectivity index (χ0n) is 23.2. The van der Waals surface area contributed by atoms with Crippen LogP contribution in [0.25, 0.3) is 27.1 Å². The van der Waals surface area contributed by atoms with E-state index in [0.717, 1.165) is 32.1 Å². The number of aromatic amines is 1. The van der Waals surface area contributed by atoms with Crippen molar-refractivity contribution >= 4 is 27.2 Å². The van der Waals surface area contributed by atoms with Crippen LogP contribution in [0.1, 0.15) is 78.5 Å². The van der Waals surface area contributed by atoms with Crippen LogP contribution in [-0.2, 0) is 9.47 Å². The third-order valence-corrected chi connectivity index (χ3v) is 10.9. The first kappa shape index (κ1) is 24.8. The third kappa shape index (κ3) is 3.79. The lowest BCUT2D eigenvalue weighted by atomic mass is 9.82. The standard InChI is InChI=1S/C30H39N5O2S/c1-16(2)25-26-19(5)28(20-6-8-21(9-7-20)35(22-11-36-12-22)23-13-37-14-23)38-30(26)33-27(25)24-10-34-29(31-15-32-34)18(4)17(24)3/h10,15-16,20-23,33H,6-9,11-14H2,1-5H3. The van der Waals surface area contributed by atoms with E-state index in [4.69, 9.17) is 9.47 Å². The lowest BCUT2D eigenvalue weighted by Gasteiger charge is -2.50. The number of pyridine rings is 1. The number of ether oxygens (including phenoxy) is 2. The van der Waals surface area contributed by atoms with E-state index in [1.54, 1.807) is 11.2 Å². The van der Waals surface area contributed by atoms with Crippen LogP contribution in [0.5, 0.6) is 0 Å². The molecule has 3 aliphatic rings. The van der Waals surface area contributed by atoms with Crippen LogP contribution in [0.3, 0.4) is 0 Å². The topological polar surface area (TPSA) is 67.7 Å². The maximum absolute atomic E-state index is 5.57. The normalized spacial score (nSPS) is 23.1. The summed E-state index contributed by atoms with van der Waals surface area (Å²) in [6.45, 7) is 15.0. The summed E-state index contributed by atoms with van der Waals surface area (Å²) in [5.41, 5.74) is 8.82. The Morgan fingerprint density at radius 3 is 2.24 bits per heavy atom. The van der Waals surface area contributed by atoms with Crippen LogP contribution in [0.2, 0.25) is 0 Å². The van der Waals surface area contributed by atoms with E-state index in [1.807, 2.05) is 15.9 Å². The molecular formula is C30H39N5O2S. The van der Waals surface area contributed by atoms with Crippen molar-refractivity contribution in [3.05, 3.63) is 39.7 Å². The van der Waals surface area contributed by atoms with Crippen LogP contribution in [0.4, 0.5) is 0 Å². The molecule has 38 heavy (non-hydrogen) atoms. The molecule has 1 N–H and O–H groups in total. The van der Waals surface area contributed by atoms with Crippen LogP contribution >= 0.6 is 11.3 Å². The Kier molecular flexibility index (Phi) is 6.15. The Hall–Kier alpha value is -2.26. The van der Waals surface area contributed by atoms with E-state index in [0.29, 0.717) is 30.0 Å². The molecule has 1 saturated carbocycles. The molecule has 4 aromatic heterocycles. The fourth-order valence-corrected chi connectivity index (χ4v) is 8.60. The van der Waals surface area contributed by atoms with Crippen molar-refractivity contribution in [3.8, 4) is 11.3 Å². The molecule has 1 aliphatic carbocycles. The Balaban J connectivity index is 1.20. The minimum Gasteiger partial charge on any atom is -0.378 e. The summed E-state index contributed by atoms with van der Waals surface area (Å²) < 4.78 is 13.1. The average Bonchev–Trinajstić information content (AvgIpc) is 3.54. The number of aromatic nitrogens is 4. The fraction of sp³-hybridized carbons (Fsp3) is 0.600. The number of hydrogen-bond acceptors (Lipinski definition) is 6. The lowest BCUT2D eigenvalue weighted by Crippen LogP contribution is -2.63. The number of aryl methyl sites for hydroxylation is 2. The number of thiophene rings is 1. The van der Waals surface area contributed by atoms with E-state index >= 15 is 0 Å². The molecule has 0 atom stereocenters. The van der Waals surface area contributed by atoms with Crippen molar-refractivity contribution in [1.29, 1.82) is 0 Å². The molecule has 2 aliphatic heterocycles. The molecule has 0 amide bonds. The van der Waals surface area contributed by atoms with Crippen LogP contribution in [-0.4, -0.2) is 69.0 Å². The molecule has 7 nitrogen and oxygen atoms in total. The van der Waals surface area contributed by atoms with Crippen molar-refractivity contribution in [1.82, 2.24) is 24.5 Å². The highest BCUT2D eigenvalue weighted by atomic mass is 32.1. The maximum Gasteiger partial charge on any atom is 0.158 e. The van der Waals surface area contributed by atoms with E-state index in [1.165, 1.54) is 69.4 Å². The van der Waals surface area contributed by atoms with Crippen LogP contribution < -0.4 is 0 Å². The van der Waals surface area contributed by atoms with Gasteiger partial charge in [-0.25, -0.2) is 9.50 Å². The van der Waals surface area contributed by atoms with Crippen molar-refractivity contribution in [2.75, 3.05) is 26.4 Å². The Morgan fingerprint density at radius 1 is 0.947 bits per heavy atom. The van der Waals surface area contributed by atoms with Crippen molar-refractivity contribution < 1.29 is 9.47 Å². The summed E-state index contributed by atoms with van der Waals surface area (Å²) in [5.74, 6) is 1.08. The Morgan fingerprint density at radius 2 is 1.63 bits per heavy atom. The summed E-state index contributed by atoms with van der Waals surface area (Å²) in [5, 5.41) is 5.90. The van der Waals surface area contributed by atoms with Gasteiger partial charge in [0.05, 0.1) is 44.2 Å². The SMILES string of the molecule is Cc1c(-c2[nH]c3sc(C4CCC(N(C5COC5)C5COC5)CC4)c(C)c3c2C(C)C)cn2ncnc2c1C. The van der Waals surface area contributed by atoms with E-state index in [9.17, 15) is 0 Å². The average molecular weight is 534 g/mol. The second-order valence-electron chi connectivity index (χ2n) is 12.0. The zero-order valence-corrected chi connectivity index (χ0v) is 24.0. The molecule has 0 bridgehead atoms. The van der Waals surface area contributed by atoms with Gasteiger partial charge in [0.25, 0.3) is 0 Å². The van der Waals surface area contributed by atoms with Gasteiger partial charge in [-0.05, 0) is 80.5 Å². The highest BCUT2D eigenvalue weighted by molar-refractivity contribution is 7.19. The molecule has 7 rings (SSSR count). The van der Waals surface area contributed by atoms with E-state index in [2.05, 4.69) is 60.8 Å². The quantitative estimate of drug-likeness (QED) is 0.324. The zero-order chi connectivity index (χ0) is 26.1. The monoisotopic (exact) mass is 533 g/mol. The summed E-state index contributed by atoms with van der Waals surface area (Å²) in [6.07, 6.45) is 8.90. The molecule has 0 radical (unpaired) electrons. The van der Waals surface area contributed by atoms with Crippen molar-refractivity contribution in [2.45, 2.75) is 90.3 Å². The molecule has 4 aromatic rings. The second kappa shape index (κ2) is 9.44. The highest BCUT2D eigenvalue weighted by Crippen LogP contribution is 2.48. The number of nitrogens with one attached hydrogen (secondary N) is 1. The molecule has 0 aromatic carbocycles. The number of nitrogens with zero attached hydrogens (tertiary/aromatic N) is 4. The fourth-order valence-electron chi connectivity index (χ4n) is 7.20. The third-order valence-electron chi connectivity index (χ3n) is 9.51. The van der Waals surface area contributed by atoms with E-state index < -0.39 is 0 Å². The number of rotatable bonds is 6. The first-order valence-corrected chi connectivity index (χ1v) is 15.1. The highest BCUT2D eigenvalue weighted by Gasteiger charge is 2.41. The molecular weight excluding hydrogens is 494 g/mol. The predicted molar refractivity (Wildman–Crippen MR) is 153 cm³/mol. The van der Waals surface area contributed by atoms with Crippen molar-refractivity contribution in [2.24, 2.45) is 0 Å². The van der Waals surface area contributed by atoms with Gasteiger partial charge in [-0.1, -0.05) is 13.8 Å². The van der Waals surface area contributed by atoms with Crippen molar-refractivity contribution in [3.63, 3.8) is 0 Å². The first-order chi connectivity index (χ1) is 18.4. The van der Waals surface area contributed by atoms with Gasteiger partial charge < -0.3 is 14.5 Å². The van der Waals surface area contributed by atoms with Crippen LogP contribution in [0, 0.1) is 20.8 Å². The number of hydrogen-bond donors (Lipinski definition) is 1. The molecule has 0 unspecified atom stereocenters. The summed E-state index contributed by atoms with van der Waals surface area (Å²) >= 11 is 2.00. The number of fused-ring (bicyclic) bond motifs is 2. The Bertz CT molecular complexity index is 1470. The first-order valence-electron chi connectivity index (χ1n) is 14.3. The molecule has 6 heterocycles. The summed E-state index contributed by atoms with van der Waals surface area (Å²) in [6, 6.07) is 1.88. The maximum atomic E-state index is 5.57. The van der Waals surface area contributed by atoms with Gasteiger partial charge in [0.1, 0.15) is 11.2 Å². The predicted octanol–water partition coefficient (Wildman–Crippen LogP) is 6.11. The van der Waals surface area contributed by atoms with Gasteiger partial charge in [0.15, 0.2) is 5.65 Å². The smallest absolute Gasteiger partial charge is 0.158 e. The van der Waals surface area contributed by atoms with E-state index in [-0.39, 0.29) is 0 Å².